The number of aliphatic hydroxyl groups excluding tert-OH is 1. The van der Waals surface area contributed by atoms with E-state index in [1.807, 2.05) is 58.0 Å². The summed E-state index contributed by atoms with van der Waals surface area (Å²) in [6, 6.07) is 13.4. The quantitative estimate of drug-likeness (QED) is 0.131. The summed E-state index contributed by atoms with van der Waals surface area (Å²) in [6.07, 6.45) is -1.72. The minimum absolute atomic E-state index is 0.00754. The van der Waals surface area contributed by atoms with Gasteiger partial charge >= 0.3 is 6.09 Å². The molecule has 14 nitrogen and oxygen atoms in total. The lowest BCUT2D eigenvalue weighted by Crippen LogP contribution is -2.60. The van der Waals surface area contributed by atoms with Crippen LogP contribution in [0.5, 0.6) is 5.75 Å². The van der Waals surface area contributed by atoms with Gasteiger partial charge in [0.1, 0.15) is 29.9 Å². The fourth-order valence-corrected chi connectivity index (χ4v) is 7.01. The maximum atomic E-state index is 13.8. The van der Waals surface area contributed by atoms with Crippen molar-refractivity contribution in [2.45, 2.75) is 95.9 Å². The predicted octanol–water partition coefficient (Wildman–Crippen LogP) is 2.36. The van der Waals surface area contributed by atoms with Gasteiger partial charge < -0.3 is 30.6 Å². The third-order valence-corrected chi connectivity index (χ3v) is 10.2. The zero-order valence-corrected chi connectivity index (χ0v) is 32.0. The molecule has 2 aromatic rings. The first kappa shape index (κ1) is 42.4. The lowest BCUT2D eigenvalue weighted by molar-refractivity contribution is -0.138. The predicted molar refractivity (Wildman–Crippen MR) is 199 cm³/mol. The van der Waals surface area contributed by atoms with E-state index in [9.17, 15) is 29.1 Å². The fraction of sp³-hybridized carbons (Fsp3) is 0.541. The number of β-amino-alcohol motifs (C(OH)–C–C–N with tert-alkyl or cyclic N) is 1. The van der Waals surface area contributed by atoms with Crippen LogP contribution in [0.2, 0.25) is 0 Å². The maximum absolute atomic E-state index is 13.8. The van der Waals surface area contributed by atoms with Crippen molar-refractivity contribution in [1.29, 1.82) is 0 Å². The molecule has 2 aromatic carbocycles. The van der Waals surface area contributed by atoms with Crippen molar-refractivity contribution < 1.29 is 38.7 Å². The first-order valence-electron chi connectivity index (χ1n) is 17.4. The molecule has 52 heavy (non-hydrogen) atoms. The number of carbonyl (C=O) groups excluding carboxylic acids is 5. The standard InChI is InChI=1S/C37H54N6O8S/c1-22(2)29(40-32(45)24(5)38-36(49)51-26-17-13-10-14-18-26)33(46)39-27(19-25-15-11-9-12-16-25)28(44)20-43-21-52-37(6,7)31(43)35(48)41-34(47)30(23(3)4)42-50-8/h9-18,22-24,27-31,42,44H,19-21H2,1-8H3,(H,38,49)(H,39,46)(H,40,45)(H,41,47,48)/t24-,27-,28+,29-,30-,31?/m0/s1. The number of imide groups is 1. The number of rotatable bonds is 17. The number of hydroxylamine groups is 1. The Morgan fingerprint density at radius 1 is 0.846 bits per heavy atom. The fourth-order valence-electron chi connectivity index (χ4n) is 5.84. The number of nitrogens with zero attached hydrogens (tertiary/aromatic N) is 1. The Balaban J connectivity index is 1.75. The largest absolute Gasteiger partial charge is 0.413 e. The van der Waals surface area contributed by atoms with E-state index in [2.05, 4.69) is 26.7 Å². The Morgan fingerprint density at radius 3 is 2.02 bits per heavy atom. The van der Waals surface area contributed by atoms with E-state index < -0.39 is 70.8 Å². The number of nitrogens with one attached hydrogen (secondary N) is 5. The van der Waals surface area contributed by atoms with Crippen LogP contribution >= 0.6 is 11.8 Å². The van der Waals surface area contributed by atoms with Crippen LogP contribution in [0.15, 0.2) is 60.7 Å². The number of thioether (sulfide) groups is 1. The van der Waals surface area contributed by atoms with Gasteiger partial charge in [-0.15, -0.1) is 11.8 Å². The van der Waals surface area contributed by atoms with Crippen molar-refractivity contribution in [2.24, 2.45) is 11.8 Å². The second kappa shape index (κ2) is 19.7. The summed E-state index contributed by atoms with van der Waals surface area (Å²) in [5.41, 5.74) is 3.49. The minimum Gasteiger partial charge on any atom is -0.410 e. The van der Waals surface area contributed by atoms with E-state index in [-0.39, 0.29) is 24.8 Å². The van der Waals surface area contributed by atoms with Crippen LogP contribution in [-0.2, 0) is 30.4 Å². The SMILES string of the molecule is CON[C@H](C(=O)NC(=O)C1N(C[C@@H](O)[C@H](Cc2ccccc2)NC(=O)[C@@H](NC(=O)[C@H](C)NC(=O)Oc2ccccc2)C(C)C)CSC1(C)C)C(C)C. The summed E-state index contributed by atoms with van der Waals surface area (Å²) in [7, 11) is 1.40. The molecule has 1 heterocycles. The highest BCUT2D eigenvalue weighted by molar-refractivity contribution is 8.00. The molecular weight excluding hydrogens is 689 g/mol. The molecule has 6 atom stereocenters. The second-order valence-electron chi connectivity index (χ2n) is 14.1. The van der Waals surface area contributed by atoms with Crippen LogP contribution < -0.4 is 31.5 Å². The average Bonchev–Trinajstić information content (AvgIpc) is 3.38. The molecule has 15 heteroatoms. The number of benzene rings is 2. The van der Waals surface area contributed by atoms with E-state index in [0.717, 1.165) is 5.56 Å². The Morgan fingerprint density at radius 2 is 1.44 bits per heavy atom. The summed E-state index contributed by atoms with van der Waals surface area (Å²) in [5, 5.41) is 22.4. The van der Waals surface area contributed by atoms with Gasteiger partial charge in [0.25, 0.3) is 0 Å². The molecule has 1 fully saturated rings. The lowest BCUT2D eigenvalue weighted by atomic mass is 9.96. The number of hydrogen-bond donors (Lipinski definition) is 6. The molecule has 3 rings (SSSR count). The first-order chi connectivity index (χ1) is 24.5. The highest BCUT2D eigenvalue weighted by Crippen LogP contribution is 2.39. The molecule has 0 saturated carbocycles. The van der Waals surface area contributed by atoms with Crippen molar-refractivity contribution in [3.63, 3.8) is 0 Å². The smallest absolute Gasteiger partial charge is 0.410 e. The normalized spacial score (nSPS) is 18.5. The van der Waals surface area contributed by atoms with Crippen molar-refractivity contribution in [3.05, 3.63) is 66.2 Å². The summed E-state index contributed by atoms with van der Waals surface area (Å²) in [5.74, 6) is -1.96. The summed E-state index contributed by atoms with van der Waals surface area (Å²) >= 11 is 1.52. The minimum atomic E-state index is -1.15. The number of carbonyl (C=O) groups is 5. The van der Waals surface area contributed by atoms with Gasteiger partial charge in [-0.05, 0) is 56.7 Å². The van der Waals surface area contributed by atoms with E-state index in [4.69, 9.17) is 9.57 Å². The van der Waals surface area contributed by atoms with Gasteiger partial charge in [0.05, 0.1) is 19.3 Å². The maximum Gasteiger partial charge on any atom is 0.413 e. The van der Waals surface area contributed by atoms with Gasteiger partial charge in [0, 0.05) is 17.2 Å². The van der Waals surface area contributed by atoms with Crippen molar-refractivity contribution >= 4 is 41.5 Å². The van der Waals surface area contributed by atoms with Crippen molar-refractivity contribution in [1.82, 2.24) is 31.6 Å². The van der Waals surface area contributed by atoms with Crippen molar-refractivity contribution in [3.8, 4) is 5.75 Å². The number of hydrogen-bond acceptors (Lipinski definition) is 11. The third-order valence-electron chi connectivity index (χ3n) is 8.76. The van der Waals surface area contributed by atoms with Gasteiger partial charge in [0.2, 0.25) is 23.6 Å². The molecule has 6 N–H and O–H groups in total. The molecule has 0 aliphatic carbocycles. The Kier molecular flexibility index (Phi) is 16.1. The zero-order valence-electron chi connectivity index (χ0n) is 31.2. The lowest BCUT2D eigenvalue weighted by Gasteiger charge is -2.34. The Hall–Kier alpha value is -4.02. The van der Waals surface area contributed by atoms with Crippen LogP contribution in [0.1, 0.15) is 54.0 Å². The molecule has 1 aliphatic heterocycles. The number of amides is 5. The zero-order chi connectivity index (χ0) is 38.6. The topological polar surface area (TPSA) is 187 Å². The van der Waals surface area contributed by atoms with Crippen LogP contribution in [0.25, 0.3) is 0 Å². The van der Waals surface area contributed by atoms with Crippen LogP contribution in [0, 0.1) is 11.8 Å². The van der Waals surface area contributed by atoms with Crippen LogP contribution in [0.3, 0.4) is 0 Å². The molecular formula is C37H54N6O8S. The van der Waals surface area contributed by atoms with E-state index in [1.165, 1.54) is 25.8 Å². The van der Waals surface area contributed by atoms with Gasteiger partial charge in [-0.3, -0.25) is 29.4 Å². The molecule has 0 aromatic heterocycles. The second-order valence-corrected chi connectivity index (χ2v) is 15.7. The highest BCUT2D eigenvalue weighted by Gasteiger charge is 2.47. The van der Waals surface area contributed by atoms with Gasteiger partial charge in [-0.1, -0.05) is 76.2 Å². The molecule has 0 radical (unpaired) electrons. The van der Waals surface area contributed by atoms with E-state index >= 15 is 0 Å². The molecule has 1 unspecified atom stereocenters. The molecule has 0 spiro atoms. The summed E-state index contributed by atoms with van der Waals surface area (Å²) in [4.78, 5) is 72.8. The molecule has 0 bridgehead atoms. The van der Waals surface area contributed by atoms with Gasteiger partial charge in [0.15, 0.2) is 0 Å². The molecule has 286 valence electrons. The van der Waals surface area contributed by atoms with E-state index in [1.54, 1.807) is 49.1 Å². The molecule has 5 amide bonds. The van der Waals surface area contributed by atoms with Gasteiger partial charge in [-0.25, -0.2) is 4.79 Å². The molecule has 1 saturated heterocycles. The van der Waals surface area contributed by atoms with E-state index in [0.29, 0.717) is 11.6 Å². The van der Waals surface area contributed by atoms with Crippen LogP contribution in [-0.4, -0.2) is 100 Å². The highest BCUT2D eigenvalue weighted by atomic mass is 32.2. The summed E-state index contributed by atoms with van der Waals surface area (Å²) < 4.78 is 4.61. The summed E-state index contributed by atoms with van der Waals surface area (Å²) in [6.45, 7) is 12.5. The first-order valence-corrected chi connectivity index (χ1v) is 18.4. The third kappa shape index (κ3) is 12.3. The number of ether oxygens (including phenoxy) is 1. The number of para-hydroxylation sites is 1. The monoisotopic (exact) mass is 742 g/mol. The number of aliphatic hydroxyl groups is 1. The van der Waals surface area contributed by atoms with Crippen molar-refractivity contribution in [2.75, 3.05) is 19.5 Å². The average molecular weight is 743 g/mol. The Labute approximate surface area is 310 Å². The van der Waals surface area contributed by atoms with Gasteiger partial charge in [-0.2, -0.15) is 5.48 Å². The van der Waals surface area contributed by atoms with Crippen LogP contribution in [0.4, 0.5) is 4.79 Å². The molecule has 1 aliphatic rings. The Bertz CT molecular complexity index is 1500.